The highest BCUT2D eigenvalue weighted by Crippen LogP contribution is 2.35. The fraction of sp³-hybridized carbons (Fsp3) is 0.286. The Kier molecular flexibility index (Phi) is 5.34. The van der Waals surface area contributed by atoms with Crippen LogP contribution in [0.3, 0.4) is 0 Å². The molecule has 1 N–H and O–H groups in total. The van der Waals surface area contributed by atoms with Gasteiger partial charge in [0.15, 0.2) is 0 Å². The maximum Gasteiger partial charge on any atom is 0.237 e. The van der Waals surface area contributed by atoms with Gasteiger partial charge in [0.1, 0.15) is 0 Å². The summed E-state index contributed by atoms with van der Waals surface area (Å²) in [7, 11) is 0. The van der Waals surface area contributed by atoms with Crippen LogP contribution in [0.4, 0.5) is 17.1 Å². The van der Waals surface area contributed by atoms with Crippen molar-refractivity contribution in [1.29, 1.82) is 0 Å². The van der Waals surface area contributed by atoms with E-state index in [9.17, 15) is 14.4 Å². The average Bonchev–Trinajstić information content (AvgIpc) is 3.13. The van der Waals surface area contributed by atoms with E-state index >= 15 is 0 Å². The second-order valence-electron chi connectivity index (χ2n) is 6.77. The minimum Gasteiger partial charge on any atom is -0.324 e. The summed E-state index contributed by atoms with van der Waals surface area (Å²) in [6.07, 6.45) is 1.55. The maximum atomic E-state index is 12.6. The number of rotatable bonds is 5. The smallest absolute Gasteiger partial charge is 0.237 e. The van der Waals surface area contributed by atoms with Crippen molar-refractivity contribution in [3.63, 3.8) is 0 Å². The molecule has 2 aliphatic rings. The fourth-order valence-corrected chi connectivity index (χ4v) is 4.48. The van der Waals surface area contributed by atoms with Crippen molar-refractivity contribution < 1.29 is 14.4 Å². The van der Waals surface area contributed by atoms with Crippen molar-refractivity contribution in [2.24, 2.45) is 0 Å². The third-order valence-electron chi connectivity index (χ3n) is 4.91. The molecule has 0 saturated carbocycles. The summed E-state index contributed by atoms with van der Waals surface area (Å²) in [5.41, 5.74) is 2.22. The van der Waals surface area contributed by atoms with Gasteiger partial charge >= 0.3 is 0 Å². The van der Waals surface area contributed by atoms with E-state index in [2.05, 4.69) is 5.32 Å². The second-order valence-corrected chi connectivity index (χ2v) is 7.78. The lowest BCUT2D eigenvalue weighted by atomic mass is 10.2. The lowest BCUT2D eigenvalue weighted by Gasteiger charge is -2.28. The molecule has 2 heterocycles. The summed E-state index contributed by atoms with van der Waals surface area (Å²) in [6.45, 7) is 0.996. The largest absolute Gasteiger partial charge is 0.324 e. The van der Waals surface area contributed by atoms with Crippen LogP contribution in [0.1, 0.15) is 19.3 Å². The zero-order valence-electron chi connectivity index (χ0n) is 15.4. The van der Waals surface area contributed by atoms with Gasteiger partial charge in [0.25, 0.3) is 0 Å². The van der Waals surface area contributed by atoms with Gasteiger partial charge in [-0.15, -0.1) is 11.8 Å². The van der Waals surface area contributed by atoms with Gasteiger partial charge in [0.2, 0.25) is 17.7 Å². The van der Waals surface area contributed by atoms with E-state index in [1.165, 1.54) is 11.8 Å². The highest BCUT2D eigenvalue weighted by molar-refractivity contribution is 8.00. The predicted molar refractivity (Wildman–Crippen MR) is 111 cm³/mol. The van der Waals surface area contributed by atoms with Crippen LogP contribution >= 0.6 is 11.8 Å². The number of nitrogens with zero attached hydrogens (tertiary/aromatic N) is 2. The van der Waals surface area contributed by atoms with E-state index in [1.807, 2.05) is 42.5 Å². The first-order chi connectivity index (χ1) is 13.6. The van der Waals surface area contributed by atoms with Crippen LogP contribution in [0.25, 0.3) is 0 Å². The predicted octanol–water partition coefficient (Wildman–Crippen LogP) is 3.28. The van der Waals surface area contributed by atoms with Gasteiger partial charge in [-0.2, -0.15) is 0 Å². The molecular weight excluding hydrogens is 374 g/mol. The highest BCUT2D eigenvalue weighted by Gasteiger charge is 2.26. The third-order valence-corrected chi connectivity index (χ3v) is 5.96. The van der Waals surface area contributed by atoms with Gasteiger partial charge in [-0.3, -0.25) is 14.4 Å². The molecule has 144 valence electrons. The minimum absolute atomic E-state index is 0.0135. The van der Waals surface area contributed by atoms with Crippen LogP contribution in [0.2, 0.25) is 0 Å². The van der Waals surface area contributed by atoms with Gasteiger partial charge in [0.05, 0.1) is 22.8 Å². The van der Waals surface area contributed by atoms with Gasteiger partial charge in [-0.05, 0) is 30.7 Å². The summed E-state index contributed by atoms with van der Waals surface area (Å²) in [5, 5.41) is 2.91. The number of carbonyl (C=O) groups is 3. The number of para-hydroxylation sites is 3. The Morgan fingerprint density at radius 1 is 1.00 bits per heavy atom. The van der Waals surface area contributed by atoms with E-state index in [4.69, 9.17) is 0 Å². The molecule has 0 atom stereocenters. The Morgan fingerprint density at radius 3 is 2.54 bits per heavy atom. The van der Waals surface area contributed by atoms with Gasteiger partial charge in [-0.1, -0.05) is 24.3 Å². The van der Waals surface area contributed by atoms with Crippen molar-refractivity contribution in [2.45, 2.75) is 24.2 Å². The normalized spacial score (nSPS) is 16.3. The SMILES string of the molecule is O=C(CCN1C(=O)CSc2ccccc21)Nc1ccccc1N1CCCC1=O. The van der Waals surface area contributed by atoms with Gasteiger partial charge in [0, 0.05) is 30.8 Å². The first kappa shape index (κ1) is 18.6. The molecule has 6 nitrogen and oxygen atoms in total. The molecule has 4 rings (SSSR count). The number of amides is 3. The first-order valence-corrected chi connectivity index (χ1v) is 10.3. The minimum atomic E-state index is -0.178. The third kappa shape index (κ3) is 3.75. The molecule has 2 aromatic rings. The monoisotopic (exact) mass is 395 g/mol. The van der Waals surface area contributed by atoms with E-state index in [0.717, 1.165) is 22.7 Å². The van der Waals surface area contributed by atoms with Crippen molar-refractivity contribution in [3.8, 4) is 0 Å². The number of anilines is 3. The lowest BCUT2D eigenvalue weighted by molar-refractivity contribution is -0.118. The molecule has 1 fully saturated rings. The van der Waals surface area contributed by atoms with Crippen molar-refractivity contribution >= 4 is 46.5 Å². The number of benzene rings is 2. The molecule has 0 aliphatic carbocycles. The molecule has 7 heteroatoms. The number of nitrogens with one attached hydrogen (secondary N) is 1. The summed E-state index contributed by atoms with van der Waals surface area (Å²) in [6, 6.07) is 15.1. The average molecular weight is 395 g/mol. The Hall–Kier alpha value is -2.80. The Morgan fingerprint density at radius 2 is 1.75 bits per heavy atom. The Balaban J connectivity index is 1.44. The molecule has 0 radical (unpaired) electrons. The molecule has 3 amide bonds. The topological polar surface area (TPSA) is 69.7 Å². The molecule has 1 saturated heterocycles. The number of hydrogen-bond acceptors (Lipinski definition) is 4. The molecule has 2 aliphatic heterocycles. The molecule has 0 aromatic heterocycles. The Bertz CT molecular complexity index is 931. The van der Waals surface area contributed by atoms with Crippen LogP contribution in [-0.2, 0) is 14.4 Å². The molecule has 0 spiro atoms. The fourth-order valence-electron chi connectivity index (χ4n) is 3.54. The summed E-state index contributed by atoms with van der Waals surface area (Å²) in [5.74, 6) is 0.301. The quantitative estimate of drug-likeness (QED) is 0.844. The summed E-state index contributed by atoms with van der Waals surface area (Å²) in [4.78, 5) is 41.4. The van der Waals surface area contributed by atoms with Crippen molar-refractivity contribution in [1.82, 2.24) is 0 Å². The van der Waals surface area contributed by atoms with Crippen molar-refractivity contribution in [3.05, 3.63) is 48.5 Å². The molecule has 0 bridgehead atoms. The molecule has 2 aromatic carbocycles. The van der Waals surface area contributed by atoms with E-state index in [-0.39, 0.29) is 24.1 Å². The Labute approximate surface area is 167 Å². The molecular formula is C21H21N3O3S. The molecule has 0 unspecified atom stereocenters. The zero-order valence-corrected chi connectivity index (χ0v) is 16.2. The maximum absolute atomic E-state index is 12.6. The van der Waals surface area contributed by atoms with Crippen LogP contribution in [-0.4, -0.2) is 36.6 Å². The van der Waals surface area contributed by atoms with Crippen LogP contribution < -0.4 is 15.1 Å². The zero-order chi connectivity index (χ0) is 19.5. The van der Waals surface area contributed by atoms with Crippen LogP contribution in [0, 0.1) is 0 Å². The van der Waals surface area contributed by atoms with Gasteiger partial charge in [-0.25, -0.2) is 0 Å². The summed E-state index contributed by atoms with van der Waals surface area (Å²) >= 11 is 1.52. The van der Waals surface area contributed by atoms with E-state index < -0.39 is 0 Å². The van der Waals surface area contributed by atoms with E-state index in [1.54, 1.807) is 15.9 Å². The van der Waals surface area contributed by atoms with Crippen LogP contribution in [0.5, 0.6) is 0 Å². The molecule has 28 heavy (non-hydrogen) atoms. The highest BCUT2D eigenvalue weighted by atomic mass is 32.2. The first-order valence-electron chi connectivity index (χ1n) is 9.35. The van der Waals surface area contributed by atoms with Crippen molar-refractivity contribution in [2.75, 3.05) is 34.0 Å². The summed E-state index contributed by atoms with van der Waals surface area (Å²) < 4.78 is 0. The number of carbonyl (C=O) groups excluding carboxylic acids is 3. The second kappa shape index (κ2) is 8.06. The lowest BCUT2D eigenvalue weighted by Crippen LogP contribution is -2.37. The standard InChI is InChI=1S/C21H21N3O3S/c25-19(11-13-24-17-8-3-4-9-18(17)28-14-21(24)27)22-15-6-1-2-7-16(15)23-12-5-10-20(23)26/h1-4,6-9H,5,10-14H2,(H,22,25). The number of fused-ring (bicyclic) bond motifs is 1. The number of hydrogen-bond donors (Lipinski definition) is 1. The number of thioether (sulfide) groups is 1. The van der Waals surface area contributed by atoms with Crippen LogP contribution in [0.15, 0.2) is 53.4 Å². The van der Waals surface area contributed by atoms with Gasteiger partial charge < -0.3 is 15.1 Å². The van der Waals surface area contributed by atoms with E-state index in [0.29, 0.717) is 31.0 Å².